The number of aromatic nitrogens is 3. The standard InChI is InChI=1S/C11H12N4O/c1-7(12)11-14-13-10-6-16-9-5-3-2-4-8(9)15(10)11/h2-5,7H,6,12H2,1H3. The summed E-state index contributed by atoms with van der Waals surface area (Å²) in [5.41, 5.74) is 6.83. The average molecular weight is 216 g/mol. The summed E-state index contributed by atoms with van der Waals surface area (Å²) in [6, 6.07) is 7.67. The van der Waals surface area contributed by atoms with Gasteiger partial charge >= 0.3 is 0 Å². The van der Waals surface area contributed by atoms with Crippen molar-refractivity contribution in [3.05, 3.63) is 35.9 Å². The molecule has 2 N–H and O–H groups in total. The maximum Gasteiger partial charge on any atom is 0.175 e. The average Bonchev–Trinajstić information content (AvgIpc) is 2.73. The summed E-state index contributed by atoms with van der Waals surface area (Å²) in [7, 11) is 0. The molecule has 3 rings (SSSR count). The topological polar surface area (TPSA) is 66.0 Å². The lowest BCUT2D eigenvalue weighted by molar-refractivity contribution is 0.278. The van der Waals surface area contributed by atoms with E-state index in [4.69, 9.17) is 10.5 Å². The van der Waals surface area contributed by atoms with Crippen LogP contribution >= 0.6 is 0 Å². The first-order valence-electron chi connectivity index (χ1n) is 5.19. The number of fused-ring (bicyclic) bond motifs is 3. The van der Waals surface area contributed by atoms with Crippen LogP contribution in [-0.2, 0) is 6.61 Å². The Morgan fingerprint density at radius 2 is 2.19 bits per heavy atom. The lowest BCUT2D eigenvalue weighted by Gasteiger charge is -2.20. The van der Waals surface area contributed by atoms with E-state index in [-0.39, 0.29) is 6.04 Å². The maximum absolute atomic E-state index is 5.88. The first kappa shape index (κ1) is 9.35. The van der Waals surface area contributed by atoms with Gasteiger partial charge in [0, 0.05) is 0 Å². The Hall–Kier alpha value is -1.88. The second-order valence-electron chi connectivity index (χ2n) is 3.85. The molecule has 1 atom stereocenters. The molecule has 0 radical (unpaired) electrons. The van der Waals surface area contributed by atoms with Gasteiger partial charge in [-0.1, -0.05) is 12.1 Å². The summed E-state index contributed by atoms with van der Waals surface area (Å²) in [6.07, 6.45) is 0. The number of hydrogen-bond donors (Lipinski definition) is 1. The Balaban J connectivity index is 2.25. The van der Waals surface area contributed by atoms with Gasteiger partial charge < -0.3 is 10.5 Å². The predicted octanol–water partition coefficient (Wildman–Crippen LogP) is 1.18. The minimum absolute atomic E-state index is 0.146. The van der Waals surface area contributed by atoms with Crippen LogP contribution in [0.3, 0.4) is 0 Å². The summed E-state index contributed by atoms with van der Waals surface area (Å²) < 4.78 is 7.55. The molecule has 2 heterocycles. The lowest BCUT2D eigenvalue weighted by Crippen LogP contribution is -2.18. The minimum Gasteiger partial charge on any atom is -0.483 e. The monoisotopic (exact) mass is 216 g/mol. The van der Waals surface area contributed by atoms with Crippen molar-refractivity contribution in [1.29, 1.82) is 0 Å². The Bertz CT molecular complexity index is 533. The van der Waals surface area contributed by atoms with E-state index in [0.717, 1.165) is 23.1 Å². The van der Waals surface area contributed by atoms with E-state index in [0.29, 0.717) is 6.61 Å². The Kier molecular flexibility index (Phi) is 1.94. The summed E-state index contributed by atoms with van der Waals surface area (Å²) in [5.74, 6) is 2.41. The number of ether oxygens (including phenoxy) is 1. The van der Waals surface area contributed by atoms with E-state index in [1.54, 1.807) is 0 Å². The zero-order valence-electron chi connectivity index (χ0n) is 8.92. The molecular weight excluding hydrogens is 204 g/mol. The van der Waals surface area contributed by atoms with Crippen molar-refractivity contribution in [2.75, 3.05) is 0 Å². The fraction of sp³-hybridized carbons (Fsp3) is 0.273. The number of rotatable bonds is 1. The van der Waals surface area contributed by atoms with Crippen LogP contribution in [0.4, 0.5) is 0 Å². The normalized spacial score (nSPS) is 14.9. The van der Waals surface area contributed by atoms with E-state index in [2.05, 4.69) is 10.2 Å². The Morgan fingerprint density at radius 3 is 3.00 bits per heavy atom. The summed E-state index contributed by atoms with van der Waals surface area (Å²) in [6.45, 7) is 2.34. The van der Waals surface area contributed by atoms with Crippen molar-refractivity contribution in [3.63, 3.8) is 0 Å². The van der Waals surface area contributed by atoms with E-state index < -0.39 is 0 Å². The molecule has 2 aromatic rings. The van der Waals surface area contributed by atoms with Crippen molar-refractivity contribution < 1.29 is 4.74 Å². The zero-order valence-corrected chi connectivity index (χ0v) is 8.92. The quantitative estimate of drug-likeness (QED) is 0.777. The van der Waals surface area contributed by atoms with Crippen molar-refractivity contribution in [1.82, 2.24) is 14.8 Å². The molecule has 0 saturated carbocycles. The molecular formula is C11H12N4O. The zero-order chi connectivity index (χ0) is 11.1. The highest BCUT2D eigenvalue weighted by molar-refractivity contribution is 5.49. The largest absolute Gasteiger partial charge is 0.483 e. The molecule has 16 heavy (non-hydrogen) atoms. The van der Waals surface area contributed by atoms with Crippen LogP contribution in [0.1, 0.15) is 24.6 Å². The first-order valence-corrected chi connectivity index (χ1v) is 5.19. The third-order valence-electron chi connectivity index (χ3n) is 2.63. The molecule has 0 amide bonds. The van der Waals surface area contributed by atoms with Gasteiger partial charge in [0.1, 0.15) is 12.4 Å². The number of para-hydroxylation sites is 2. The molecule has 0 saturated heterocycles. The van der Waals surface area contributed by atoms with Crippen LogP contribution < -0.4 is 10.5 Å². The first-order chi connectivity index (χ1) is 7.77. The molecule has 0 spiro atoms. The van der Waals surface area contributed by atoms with Gasteiger partial charge in [-0.25, -0.2) is 0 Å². The van der Waals surface area contributed by atoms with Crippen LogP contribution in [0.2, 0.25) is 0 Å². The lowest BCUT2D eigenvalue weighted by atomic mass is 10.2. The van der Waals surface area contributed by atoms with Gasteiger partial charge in [-0.15, -0.1) is 10.2 Å². The molecule has 0 bridgehead atoms. The van der Waals surface area contributed by atoms with Gasteiger partial charge in [0.25, 0.3) is 0 Å². The third kappa shape index (κ3) is 1.22. The minimum atomic E-state index is -0.146. The molecule has 5 nitrogen and oxygen atoms in total. The van der Waals surface area contributed by atoms with Crippen LogP contribution in [0.15, 0.2) is 24.3 Å². The SMILES string of the molecule is CC(N)c1nnc2n1-c1ccccc1OC2. The molecule has 1 unspecified atom stereocenters. The molecule has 5 heteroatoms. The Labute approximate surface area is 92.9 Å². The van der Waals surface area contributed by atoms with Gasteiger partial charge in [-0.2, -0.15) is 0 Å². The molecule has 1 aromatic heterocycles. The van der Waals surface area contributed by atoms with Crippen LogP contribution in [0, 0.1) is 0 Å². The van der Waals surface area contributed by atoms with Gasteiger partial charge in [0.2, 0.25) is 0 Å². The maximum atomic E-state index is 5.88. The van der Waals surface area contributed by atoms with E-state index in [1.165, 1.54) is 0 Å². The summed E-state index contributed by atoms with van der Waals surface area (Å²) in [4.78, 5) is 0. The number of hydrogen-bond acceptors (Lipinski definition) is 4. The fourth-order valence-electron chi connectivity index (χ4n) is 1.89. The predicted molar refractivity (Wildman–Crippen MR) is 58.3 cm³/mol. The van der Waals surface area contributed by atoms with Crippen LogP contribution in [0.5, 0.6) is 5.75 Å². The molecule has 1 aliphatic heterocycles. The molecule has 1 aliphatic rings. The van der Waals surface area contributed by atoms with Gasteiger partial charge in [-0.05, 0) is 19.1 Å². The molecule has 0 aliphatic carbocycles. The smallest absolute Gasteiger partial charge is 0.175 e. The molecule has 0 fully saturated rings. The highest BCUT2D eigenvalue weighted by atomic mass is 16.5. The highest BCUT2D eigenvalue weighted by Crippen LogP contribution is 2.30. The van der Waals surface area contributed by atoms with Gasteiger partial charge in [0.05, 0.1) is 11.7 Å². The third-order valence-corrected chi connectivity index (χ3v) is 2.63. The summed E-state index contributed by atoms with van der Waals surface area (Å²) in [5, 5.41) is 8.19. The molecule has 1 aromatic carbocycles. The van der Waals surface area contributed by atoms with Crippen molar-refractivity contribution in [2.24, 2.45) is 5.73 Å². The van der Waals surface area contributed by atoms with Crippen molar-refractivity contribution >= 4 is 0 Å². The van der Waals surface area contributed by atoms with Gasteiger partial charge in [-0.3, -0.25) is 4.57 Å². The van der Waals surface area contributed by atoms with Crippen molar-refractivity contribution in [3.8, 4) is 11.4 Å². The Morgan fingerprint density at radius 1 is 1.38 bits per heavy atom. The second kappa shape index (κ2) is 3.31. The van der Waals surface area contributed by atoms with Gasteiger partial charge in [0.15, 0.2) is 11.6 Å². The highest BCUT2D eigenvalue weighted by Gasteiger charge is 2.23. The van der Waals surface area contributed by atoms with Crippen molar-refractivity contribution in [2.45, 2.75) is 19.6 Å². The van der Waals surface area contributed by atoms with E-state index >= 15 is 0 Å². The number of nitrogens with two attached hydrogens (primary N) is 1. The summed E-state index contributed by atoms with van der Waals surface area (Å²) >= 11 is 0. The number of benzene rings is 1. The molecule has 82 valence electrons. The van der Waals surface area contributed by atoms with Crippen LogP contribution in [-0.4, -0.2) is 14.8 Å². The number of nitrogens with zero attached hydrogens (tertiary/aromatic N) is 3. The van der Waals surface area contributed by atoms with E-state index in [9.17, 15) is 0 Å². The fourth-order valence-corrected chi connectivity index (χ4v) is 1.89. The van der Waals surface area contributed by atoms with E-state index in [1.807, 2.05) is 35.8 Å². The second-order valence-corrected chi connectivity index (χ2v) is 3.85. The van der Waals surface area contributed by atoms with Crippen LogP contribution in [0.25, 0.3) is 5.69 Å².